The number of amides is 4. The zero-order chi connectivity index (χ0) is 34.2. The summed E-state index contributed by atoms with van der Waals surface area (Å²) in [7, 11) is 2.96. The normalized spacial score (nSPS) is 11.9. The molecule has 0 spiro atoms. The largest absolute Gasteiger partial charge is 0.480 e. The van der Waals surface area contributed by atoms with Gasteiger partial charge in [-0.25, -0.2) is 9.59 Å². The molecule has 0 aliphatic carbocycles. The van der Waals surface area contributed by atoms with Gasteiger partial charge in [0.2, 0.25) is 11.8 Å². The lowest BCUT2D eigenvalue weighted by Crippen LogP contribution is -2.31. The predicted octanol–water partition coefficient (Wildman–Crippen LogP) is 4.86. The van der Waals surface area contributed by atoms with E-state index in [1.54, 1.807) is 12.1 Å². The third-order valence-electron chi connectivity index (χ3n) is 7.24. The summed E-state index contributed by atoms with van der Waals surface area (Å²) in [6.45, 7) is 3.81. The molecule has 4 heterocycles. The van der Waals surface area contributed by atoms with Crippen LogP contribution in [0.2, 0.25) is 0 Å². The molecule has 0 saturated heterocycles. The van der Waals surface area contributed by atoms with E-state index in [4.69, 9.17) is 20.9 Å². The number of anilines is 4. The Morgan fingerprint density at radius 3 is 1.40 bits per heavy atom. The summed E-state index contributed by atoms with van der Waals surface area (Å²) < 4.78 is 10.4. The molecule has 16 heteroatoms. The van der Waals surface area contributed by atoms with Crippen LogP contribution in [0, 0.1) is 0 Å². The van der Waals surface area contributed by atoms with Crippen molar-refractivity contribution in [1.29, 1.82) is 0 Å². The molecule has 0 aliphatic heterocycles. The van der Waals surface area contributed by atoms with Gasteiger partial charge in [-0.3, -0.25) is 20.8 Å². The smallest absolute Gasteiger partial charge is 0.320 e. The molecule has 6 rings (SSSR count). The molecule has 248 valence electrons. The van der Waals surface area contributed by atoms with Crippen molar-refractivity contribution in [3.8, 4) is 11.8 Å². The highest BCUT2D eigenvalue weighted by atomic mass is 16.5. The summed E-state index contributed by atoms with van der Waals surface area (Å²) in [5, 5.41) is 25.6. The van der Waals surface area contributed by atoms with E-state index >= 15 is 0 Å². The van der Waals surface area contributed by atoms with Gasteiger partial charge in [-0.15, -0.1) is 0 Å². The van der Waals surface area contributed by atoms with Crippen molar-refractivity contribution in [1.82, 2.24) is 41.0 Å². The lowest BCUT2D eigenvalue weighted by Gasteiger charge is -2.15. The van der Waals surface area contributed by atoms with Gasteiger partial charge in [0.1, 0.15) is 22.4 Å². The zero-order valence-corrected chi connectivity index (χ0v) is 26.7. The molecule has 0 radical (unpaired) electrons. The zero-order valence-electron chi connectivity index (χ0n) is 26.7. The van der Waals surface area contributed by atoms with Gasteiger partial charge in [0.15, 0.2) is 11.6 Å². The van der Waals surface area contributed by atoms with Crippen LogP contribution < -0.4 is 42.2 Å². The van der Waals surface area contributed by atoms with E-state index in [0.717, 1.165) is 11.1 Å². The number of urea groups is 2. The molecule has 0 unspecified atom stereocenters. The number of benzene rings is 2. The number of nitrogen functional groups attached to an aromatic ring is 2. The van der Waals surface area contributed by atoms with Gasteiger partial charge in [0.25, 0.3) is 0 Å². The molecule has 4 amide bonds. The monoisotopic (exact) mass is 652 g/mol. The van der Waals surface area contributed by atoms with Gasteiger partial charge in [-0.05, 0) is 25.0 Å². The number of pyridine rings is 2. The molecular formula is C32H36N12O4. The summed E-state index contributed by atoms with van der Waals surface area (Å²) in [6.07, 6.45) is 0. The van der Waals surface area contributed by atoms with Crippen molar-refractivity contribution in [2.24, 2.45) is 0 Å². The Labute approximate surface area is 275 Å². The Balaban J connectivity index is 0.000000188. The van der Waals surface area contributed by atoms with Crippen molar-refractivity contribution in [2.45, 2.75) is 25.9 Å². The van der Waals surface area contributed by atoms with Crippen LogP contribution in [0.1, 0.15) is 37.1 Å². The lowest BCUT2D eigenvalue weighted by molar-refractivity contribution is 0.248. The van der Waals surface area contributed by atoms with Gasteiger partial charge in [-0.2, -0.15) is 20.2 Å². The molecule has 2 aromatic carbocycles. The van der Waals surface area contributed by atoms with Gasteiger partial charge in [0.05, 0.1) is 37.3 Å². The van der Waals surface area contributed by atoms with Crippen LogP contribution in [0.25, 0.3) is 21.8 Å². The fraction of sp³-hybridized carbons (Fsp3) is 0.188. The quantitative estimate of drug-likeness (QED) is 0.111. The van der Waals surface area contributed by atoms with E-state index in [9.17, 15) is 9.59 Å². The van der Waals surface area contributed by atoms with E-state index < -0.39 is 0 Å². The van der Waals surface area contributed by atoms with Crippen molar-refractivity contribution < 1.29 is 19.1 Å². The van der Waals surface area contributed by atoms with Crippen LogP contribution in [0.4, 0.5) is 32.9 Å². The van der Waals surface area contributed by atoms with E-state index in [2.05, 4.69) is 51.6 Å². The highest BCUT2D eigenvalue weighted by Gasteiger charge is 2.17. The minimum atomic E-state index is -0.368. The maximum absolute atomic E-state index is 12.2. The number of aromatic amines is 2. The van der Waals surface area contributed by atoms with Gasteiger partial charge < -0.3 is 31.6 Å². The summed E-state index contributed by atoms with van der Waals surface area (Å²) in [4.78, 5) is 32.8. The van der Waals surface area contributed by atoms with E-state index in [0.29, 0.717) is 56.8 Å². The first-order chi connectivity index (χ1) is 23.2. The second-order valence-corrected chi connectivity index (χ2v) is 10.6. The highest BCUT2D eigenvalue weighted by Crippen LogP contribution is 2.30. The summed E-state index contributed by atoms with van der Waals surface area (Å²) in [5.74, 6) is 1.85. The number of nitrogens with one attached hydrogen (secondary N) is 6. The van der Waals surface area contributed by atoms with E-state index in [-0.39, 0.29) is 24.1 Å². The Kier molecular flexibility index (Phi) is 10.0. The van der Waals surface area contributed by atoms with Crippen molar-refractivity contribution in [2.75, 3.05) is 36.3 Å². The number of ether oxygens (including phenoxy) is 2. The van der Waals surface area contributed by atoms with Crippen molar-refractivity contribution in [3.05, 3.63) is 83.9 Å². The SMILES string of the molecule is COc1nc(NC(=O)N[C@H](C)c2ccccc2)cc2[nH]nc(N)c12.COc1nc(NC(=O)N[C@H](C)c2ccccc2)cc2[nH]nc(N)c12. The first-order valence-corrected chi connectivity index (χ1v) is 14.8. The molecule has 0 fully saturated rings. The third-order valence-corrected chi connectivity index (χ3v) is 7.24. The van der Waals surface area contributed by atoms with Crippen molar-refractivity contribution in [3.63, 3.8) is 0 Å². The van der Waals surface area contributed by atoms with Gasteiger partial charge in [-0.1, -0.05) is 60.7 Å². The first-order valence-electron chi connectivity index (χ1n) is 14.8. The number of H-pyrrole nitrogens is 2. The van der Waals surface area contributed by atoms with E-state index in [1.807, 2.05) is 74.5 Å². The Hall–Kier alpha value is -6.58. The minimum Gasteiger partial charge on any atom is -0.480 e. The Morgan fingerprint density at radius 2 is 1.04 bits per heavy atom. The summed E-state index contributed by atoms with van der Waals surface area (Å²) in [6, 6.07) is 21.6. The first kappa shape index (κ1) is 32.8. The summed E-state index contributed by atoms with van der Waals surface area (Å²) in [5.41, 5.74) is 14.8. The standard InChI is InChI=1S/2C16H18N6O2/c2*1-9(10-6-4-3-5-7-10)18-16(23)20-12-8-11-13(14(17)22-21-11)15(19-12)24-2/h2*3-9H,1-2H3,(H3,17,21,22)(H2,18,19,20,23)/t2*9-/m11/s1. The molecule has 6 aromatic rings. The number of hydrogen-bond acceptors (Lipinski definition) is 10. The number of nitrogens with two attached hydrogens (primary N) is 2. The maximum Gasteiger partial charge on any atom is 0.320 e. The lowest BCUT2D eigenvalue weighted by atomic mass is 10.1. The summed E-state index contributed by atoms with van der Waals surface area (Å²) >= 11 is 0. The van der Waals surface area contributed by atoms with Crippen LogP contribution in [0.5, 0.6) is 11.8 Å². The number of carbonyl (C=O) groups excluding carboxylic acids is 2. The van der Waals surface area contributed by atoms with Crippen LogP contribution >= 0.6 is 0 Å². The molecule has 48 heavy (non-hydrogen) atoms. The van der Waals surface area contributed by atoms with Gasteiger partial charge in [0, 0.05) is 12.1 Å². The van der Waals surface area contributed by atoms with Crippen LogP contribution in [0.15, 0.2) is 72.8 Å². The molecule has 0 bridgehead atoms. The molecular weight excluding hydrogens is 616 g/mol. The maximum atomic E-state index is 12.2. The number of rotatable bonds is 8. The number of hydrogen-bond donors (Lipinski definition) is 8. The average molecular weight is 653 g/mol. The average Bonchev–Trinajstić information content (AvgIpc) is 3.66. The fourth-order valence-corrected chi connectivity index (χ4v) is 4.84. The second-order valence-electron chi connectivity index (χ2n) is 10.6. The number of methoxy groups -OCH3 is 2. The topological polar surface area (TPSA) is 236 Å². The van der Waals surface area contributed by atoms with Crippen LogP contribution in [-0.4, -0.2) is 56.6 Å². The highest BCUT2D eigenvalue weighted by molar-refractivity contribution is 5.98. The molecule has 4 aromatic heterocycles. The molecule has 2 atom stereocenters. The minimum absolute atomic E-state index is 0.139. The number of aromatic nitrogens is 6. The van der Waals surface area contributed by atoms with Gasteiger partial charge >= 0.3 is 12.1 Å². The third kappa shape index (κ3) is 7.61. The molecule has 10 N–H and O–H groups in total. The molecule has 0 aliphatic rings. The Morgan fingerprint density at radius 1 is 0.667 bits per heavy atom. The second kappa shape index (κ2) is 14.7. The number of fused-ring (bicyclic) bond motifs is 2. The van der Waals surface area contributed by atoms with E-state index in [1.165, 1.54) is 14.2 Å². The number of carbonyl (C=O) groups is 2. The predicted molar refractivity (Wildman–Crippen MR) is 184 cm³/mol. The van der Waals surface area contributed by atoms with Crippen molar-refractivity contribution >= 4 is 57.1 Å². The number of nitrogens with zero attached hydrogens (tertiary/aromatic N) is 4. The Bertz CT molecular complexity index is 1870. The fourth-order valence-electron chi connectivity index (χ4n) is 4.84. The molecule has 16 nitrogen and oxygen atoms in total. The van der Waals surface area contributed by atoms with Crippen LogP contribution in [-0.2, 0) is 0 Å². The van der Waals surface area contributed by atoms with Crippen LogP contribution in [0.3, 0.4) is 0 Å². The molecule has 0 saturated carbocycles.